The molecule has 1 aromatic carbocycles. The lowest BCUT2D eigenvalue weighted by Gasteiger charge is -2.13. The Balaban J connectivity index is 1.82. The summed E-state index contributed by atoms with van der Waals surface area (Å²) >= 11 is 0. The van der Waals surface area contributed by atoms with Gasteiger partial charge in [-0.05, 0) is 52.3 Å². The first-order valence-electron chi connectivity index (χ1n) is 8.29. The molecule has 0 amide bonds. The maximum Gasteiger partial charge on any atom is 0.379 e. The van der Waals surface area contributed by atoms with E-state index in [2.05, 4.69) is 15.1 Å². The number of carbonyl (C=O) groups is 2. The number of ketones is 1. The van der Waals surface area contributed by atoms with Crippen LogP contribution in [0.1, 0.15) is 50.4 Å². The van der Waals surface area contributed by atoms with Crippen molar-refractivity contribution in [3.63, 3.8) is 0 Å². The van der Waals surface area contributed by atoms with Crippen molar-refractivity contribution < 1.29 is 14.3 Å². The predicted octanol–water partition coefficient (Wildman–Crippen LogP) is 2.79. The van der Waals surface area contributed by atoms with E-state index < -0.39 is 12.1 Å². The zero-order valence-corrected chi connectivity index (χ0v) is 15.4. The highest BCUT2D eigenvalue weighted by Crippen LogP contribution is 2.15. The molecule has 0 radical (unpaired) electrons. The number of carbonyl (C=O) groups excluding carboxylic acids is 2. The SMILES string of the molecule is Cc1ccc(C)c(C(=O)[C@H](C)OC(=O)c2nc3nc(C)cc(C)n3n2)c1. The molecular formula is C19H20N4O3. The molecule has 3 rings (SSSR count). The molecule has 0 saturated heterocycles. The molecule has 0 fully saturated rings. The Morgan fingerprint density at radius 3 is 2.54 bits per heavy atom. The number of ether oxygens (including phenoxy) is 1. The molecule has 2 heterocycles. The van der Waals surface area contributed by atoms with Gasteiger partial charge in [0.15, 0.2) is 6.10 Å². The molecule has 0 saturated carbocycles. The summed E-state index contributed by atoms with van der Waals surface area (Å²) in [5.41, 5.74) is 3.93. The smallest absolute Gasteiger partial charge is 0.379 e. The van der Waals surface area contributed by atoms with Crippen LogP contribution in [0.15, 0.2) is 24.3 Å². The number of hydrogen-bond donors (Lipinski definition) is 0. The lowest BCUT2D eigenvalue weighted by atomic mass is 9.99. The van der Waals surface area contributed by atoms with E-state index in [-0.39, 0.29) is 11.6 Å². The number of nitrogens with zero attached hydrogens (tertiary/aromatic N) is 4. The van der Waals surface area contributed by atoms with Gasteiger partial charge in [0.1, 0.15) is 0 Å². The highest BCUT2D eigenvalue weighted by atomic mass is 16.5. The number of fused-ring (bicyclic) bond motifs is 1. The third-order valence-electron chi connectivity index (χ3n) is 4.11. The zero-order valence-electron chi connectivity index (χ0n) is 15.4. The third-order valence-corrected chi connectivity index (χ3v) is 4.11. The Hall–Kier alpha value is -3.09. The van der Waals surface area contributed by atoms with Crippen LogP contribution in [-0.2, 0) is 4.74 Å². The van der Waals surface area contributed by atoms with E-state index in [1.54, 1.807) is 13.0 Å². The summed E-state index contributed by atoms with van der Waals surface area (Å²) in [6.45, 7) is 8.99. The Labute approximate surface area is 151 Å². The van der Waals surface area contributed by atoms with Crippen molar-refractivity contribution in [3.05, 3.63) is 58.2 Å². The Morgan fingerprint density at radius 1 is 1.08 bits per heavy atom. The largest absolute Gasteiger partial charge is 0.448 e. The average Bonchev–Trinajstić information content (AvgIpc) is 3.00. The van der Waals surface area contributed by atoms with Crippen LogP contribution in [0, 0.1) is 27.7 Å². The minimum Gasteiger partial charge on any atom is -0.448 e. The summed E-state index contributed by atoms with van der Waals surface area (Å²) in [6, 6.07) is 7.43. The fourth-order valence-corrected chi connectivity index (χ4v) is 2.74. The molecule has 0 aliphatic rings. The van der Waals surface area contributed by atoms with Crippen LogP contribution in [-0.4, -0.2) is 37.4 Å². The van der Waals surface area contributed by atoms with Gasteiger partial charge < -0.3 is 4.74 Å². The molecule has 1 atom stereocenters. The number of esters is 1. The Kier molecular flexibility index (Phi) is 4.54. The lowest BCUT2D eigenvalue weighted by molar-refractivity contribution is 0.0307. The normalized spacial score (nSPS) is 12.2. The van der Waals surface area contributed by atoms with E-state index in [1.165, 1.54) is 4.52 Å². The van der Waals surface area contributed by atoms with Gasteiger partial charge in [0, 0.05) is 17.0 Å². The summed E-state index contributed by atoms with van der Waals surface area (Å²) in [5, 5.41) is 4.13. The maximum atomic E-state index is 12.6. The molecule has 134 valence electrons. The monoisotopic (exact) mass is 352 g/mol. The van der Waals surface area contributed by atoms with Crippen molar-refractivity contribution in [3.8, 4) is 0 Å². The number of rotatable bonds is 4. The zero-order chi connectivity index (χ0) is 19.0. The Morgan fingerprint density at radius 2 is 1.81 bits per heavy atom. The molecule has 2 aromatic heterocycles. The molecule has 3 aromatic rings. The molecule has 0 aliphatic heterocycles. The quantitative estimate of drug-likeness (QED) is 0.530. The van der Waals surface area contributed by atoms with Gasteiger partial charge in [0.25, 0.3) is 11.6 Å². The van der Waals surface area contributed by atoms with Crippen molar-refractivity contribution in [2.75, 3.05) is 0 Å². The van der Waals surface area contributed by atoms with E-state index in [4.69, 9.17) is 4.74 Å². The van der Waals surface area contributed by atoms with Crippen molar-refractivity contribution >= 4 is 17.5 Å². The first kappa shape index (κ1) is 17.7. The first-order chi connectivity index (χ1) is 12.3. The molecule has 0 spiro atoms. The van der Waals surface area contributed by atoms with Crippen LogP contribution in [0.4, 0.5) is 0 Å². The van der Waals surface area contributed by atoms with Gasteiger partial charge in [-0.1, -0.05) is 17.7 Å². The number of hydrogen-bond acceptors (Lipinski definition) is 6. The van der Waals surface area contributed by atoms with Crippen LogP contribution in [0.25, 0.3) is 5.78 Å². The summed E-state index contributed by atoms with van der Waals surface area (Å²) in [4.78, 5) is 33.3. The third kappa shape index (κ3) is 3.33. The van der Waals surface area contributed by atoms with E-state index in [0.29, 0.717) is 11.3 Å². The minimum atomic E-state index is -0.939. The van der Waals surface area contributed by atoms with Gasteiger partial charge >= 0.3 is 5.97 Å². The molecule has 26 heavy (non-hydrogen) atoms. The summed E-state index contributed by atoms with van der Waals surface area (Å²) in [7, 11) is 0. The predicted molar refractivity (Wildman–Crippen MR) is 95.4 cm³/mol. The van der Waals surface area contributed by atoms with Gasteiger partial charge in [-0.25, -0.2) is 14.3 Å². The number of aromatic nitrogens is 4. The number of aryl methyl sites for hydroxylation is 4. The first-order valence-corrected chi connectivity index (χ1v) is 8.29. The van der Waals surface area contributed by atoms with Crippen LogP contribution >= 0.6 is 0 Å². The van der Waals surface area contributed by atoms with Crippen LogP contribution in [0.3, 0.4) is 0 Å². The maximum absolute atomic E-state index is 12.6. The highest BCUT2D eigenvalue weighted by molar-refractivity contribution is 6.02. The van der Waals surface area contributed by atoms with Crippen LogP contribution in [0.2, 0.25) is 0 Å². The van der Waals surface area contributed by atoms with Crippen molar-refractivity contribution in [2.45, 2.75) is 40.7 Å². The van der Waals surface area contributed by atoms with E-state index in [1.807, 2.05) is 45.9 Å². The van der Waals surface area contributed by atoms with Crippen molar-refractivity contribution in [2.24, 2.45) is 0 Å². The second-order valence-corrected chi connectivity index (χ2v) is 6.42. The number of benzene rings is 1. The van der Waals surface area contributed by atoms with Crippen LogP contribution in [0.5, 0.6) is 0 Å². The molecule has 0 unspecified atom stereocenters. The van der Waals surface area contributed by atoms with E-state index >= 15 is 0 Å². The van der Waals surface area contributed by atoms with Crippen LogP contribution < -0.4 is 0 Å². The lowest BCUT2D eigenvalue weighted by Crippen LogP contribution is -2.25. The summed E-state index contributed by atoms with van der Waals surface area (Å²) in [6.07, 6.45) is -0.939. The summed E-state index contributed by atoms with van der Waals surface area (Å²) < 4.78 is 6.77. The fraction of sp³-hybridized carbons (Fsp3) is 0.316. The van der Waals surface area contributed by atoms with Crippen molar-refractivity contribution in [1.29, 1.82) is 0 Å². The van der Waals surface area contributed by atoms with Gasteiger partial charge in [-0.3, -0.25) is 4.79 Å². The standard InChI is InChI=1S/C19H20N4O3/c1-10-6-7-11(2)15(8-10)16(24)14(5)26-18(25)17-21-19-20-12(3)9-13(4)23(19)22-17/h6-9,14H,1-5H3/t14-/m0/s1. The topological polar surface area (TPSA) is 86.5 Å². The molecule has 7 heteroatoms. The van der Waals surface area contributed by atoms with Gasteiger partial charge in [-0.15, -0.1) is 5.10 Å². The summed E-state index contributed by atoms with van der Waals surface area (Å²) in [5.74, 6) is -0.804. The van der Waals surface area contributed by atoms with Crippen molar-refractivity contribution in [1.82, 2.24) is 19.6 Å². The molecule has 7 nitrogen and oxygen atoms in total. The van der Waals surface area contributed by atoms with E-state index in [9.17, 15) is 9.59 Å². The van der Waals surface area contributed by atoms with E-state index in [0.717, 1.165) is 22.5 Å². The van der Waals surface area contributed by atoms with Gasteiger partial charge in [-0.2, -0.15) is 4.98 Å². The molecule has 0 N–H and O–H groups in total. The number of Topliss-reactive ketones (excluding diaryl/α,β-unsaturated/α-hetero) is 1. The highest BCUT2D eigenvalue weighted by Gasteiger charge is 2.24. The molecule has 0 aliphatic carbocycles. The Bertz CT molecular complexity index is 1020. The van der Waals surface area contributed by atoms with Gasteiger partial charge in [0.2, 0.25) is 5.78 Å². The fourth-order valence-electron chi connectivity index (χ4n) is 2.74. The second kappa shape index (κ2) is 6.67. The minimum absolute atomic E-state index is 0.119. The average molecular weight is 352 g/mol. The molecule has 0 bridgehead atoms. The van der Waals surface area contributed by atoms with Gasteiger partial charge in [0.05, 0.1) is 0 Å². The second-order valence-electron chi connectivity index (χ2n) is 6.42. The molecular weight excluding hydrogens is 332 g/mol.